The standard InChI is InChI=1S/C18H24N4OS/c1-2-9-22(13-16-6-4-11-24-16)18(23)14-21-10-3-5-15(12-21)17-7-8-19-20-17/h2,4,6-8,11,15H,1,3,5,9-10,12-14H2,(H,19,20). The van der Waals surface area contributed by atoms with Crippen LogP contribution in [-0.4, -0.2) is 52.1 Å². The molecule has 1 fully saturated rings. The van der Waals surface area contributed by atoms with E-state index in [2.05, 4.69) is 27.7 Å². The molecule has 3 heterocycles. The van der Waals surface area contributed by atoms with E-state index in [-0.39, 0.29) is 5.91 Å². The maximum Gasteiger partial charge on any atom is 0.237 e. The minimum absolute atomic E-state index is 0.175. The first-order valence-corrected chi connectivity index (χ1v) is 9.27. The number of carbonyl (C=O) groups excluding carboxylic acids is 1. The first kappa shape index (κ1) is 16.9. The molecule has 1 unspecified atom stereocenters. The summed E-state index contributed by atoms with van der Waals surface area (Å²) < 4.78 is 0. The van der Waals surface area contributed by atoms with Gasteiger partial charge in [-0.3, -0.25) is 14.8 Å². The molecule has 0 bridgehead atoms. The van der Waals surface area contributed by atoms with Gasteiger partial charge in [-0.2, -0.15) is 5.10 Å². The van der Waals surface area contributed by atoms with Crippen molar-refractivity contribution in [2.24, 2.45) is 0 Å². The van der Waals surface area contributed by atoms with Crippen molar-refractivity contribution < 1.29 is 4.79 Å². The highest BCUT2D eigenvalue weighted by atomic mass is 32.1. The van der Waals surface area contributed by atoms with Crippen molar-refractivity contribution in [1.29, 1.82) is 0 Å². The number of rotatable bonds is 7. The van der Waals surface area contributed by atoms with Gasteiger partial charge in [-0.1, -0.05) is 12.1 Å². The summed E-state index contributed by atoms with van der Waals surface area (Å²) in [6, 6.07) is 6.14. The molecule has 1 atom stereocenters. The lowest BCUT2D eigenvalue weighted by Gasteiger charge is -2.33. The number of thiophene rings is 1. The second-order valence-electron chi connectivity index (χ2n) is 6.23. The van der Waals surface area contributed by atoms with Gasteiger partial charge in [-0.05, 0) is 36.9 Å². The molecule has 2 aromatic heterocycles. The van der Waals surface area contributed by atoms with Crippen LogP contribution < -0.4 is 0 Å². The number of nitrogens with zero attached hydrogens (tertiary/aromatic N) is 3. The highest BCUT2D eigenvalue weighted by Gasteiger charge is 2.25. The van der Waals surface area contributed by atoms with E-state index in [1.807, 2.05) is 22.4 Å². The van der Waals surface area contributed by atoms with Gasteiger partial charge >= 0.3 is 0 Å². The van der Waals surface area contributed by atoms with Gasteiger partial charge in [0, 0.05) is 35.8 Å². The molecule has 24 heavy (non-hydrogen) atoms. The van der Waals surface area contributed by atoms with Crippen LogP contribution in [0.1, 0.15) is 29.3 Å². The van der Waals surface area contributed by atoms with Gasteiger partial charge in [0.1, 0.15) is 0 Å². The van der Waals surface area contributed by atoms with Gasteiger partial charge in [0.05, 0.1) is 13.1 Å². The maximum atomic E-state index is 12.7. The molecule has 1 amide bonds. The minimum atomic E-state index is 0.175. The van der Waals surface area contributed by atoms with Crippen molar-refractivity contribution in [1.82, 2.24) is 20.0 Å². The third-order valence-corrected chi connectivity index (χ3v) is 5.32. The Morgan fingerprint density at radius 2 is 2.46 bits per heavy atom. The van der Waals surface area contributed by atoms with Gasteiger partial charge in [0.25, 0.3) is 0 Å². The molecule has 1 N–H and O–H groups in total. The van der Waals surface area contributed by atoms with Crippen LogP contribution in [0.25, 0.3) is 0 Å². The average molecular weight is 344 g/mol. The summed E-state index contributed by atoms with van der Waals surface area (Å²) in [7, 11) is 0. The van der Waals surface area contributed by atoms with Gasteiger partial charge < -0.3 is 4.90 Å². The number of aromatic amines is 1. The molecule has 0 saturated carbocycles. The van der Waals surface area contributed by atoms with Crippen molar-refractivity contribution in [2.45, 2.75) is 25.3 Å². The van der Waals surface area contributed by atoms with Crippen LogP contribution in [0.5, 0.6) is 0 Å². The van der Waals surface area contributed by atoms with Crippen LogP contribution in [0.4, 0.5) is 0 Å². The van der Waals surface area contributed by atoms with E-state index in [1.165, 1.54) is 10.6 Å². The van der Waals surface area contributed by atoms with Gasteiger partial charge in [-0.25, -0.2) is 0 Å². The molecule has 0 aliphatic carbocycles. The smallest absolute Gasteiger partial charge is 0.237 e. The predicted molar refractivity (Wildman–Crippen MR) is 96.9 cm³/mol. The third-order valence-electron chi connectivity index (χ3n) is 4.46. The first-order valence-electron chi connectivity index (χ1n) is 8.39. The van der Waals surface area contributed by atoms with Crippen LogP contribution in [0, 0.1) is 0 Å². The van der Waals surface area contributed by atoms with Crippen molar-refractivity contribution in [3.05, 3.63) is 53.0 Å². The number of hydrogen-bond donors (Lipinski definition) is 1. The van der Waals surface area contributed by atoms with Crippen molar-refractivity contribution in [2.75, 3.05) is 26.2 Å². The Bertz CT molecular complexity index is 638. The fraction of sp³-hybridized carbons (Fsp3) is 0.444. The zero-order valence-corrected chi connectivity index (χ0v) is 14.7. The Morgan fingerprint density at radius 1 is 1.54 bits per heavy atom. The molecule has 5 nitrogen and oxygen atoms in total. The Balaban J connectivity index is 1.58. The van der Waals surface area contributed by atoms with Crippen LogP contribution in [0.3, 0.4) is 0 Å². The van der Waals surface area contributed by atoms with Gasteiger partial charge in [0.2, 0.25) is 5.91 Å². The van der Waals surface area contributed by atoms with Crippen molar-refractivity contribution >= 4 is 17.2 Å². The number of H-pyrrole nitrogens is 1. The van der Waals surface area contributed by atoms with Crippen LogP contribution in [-0.2, 0) is 11.3 Å². The lowest BCUT2D eigenvalue weighted by molar-refractivity contribution is -0.132. The molecule has 0 radical (unpaired) electrons. The maximum absolute atomic E-state index is 12.7. The molecular weight excluding hydrogens is 320 g/mol. The van der Waals surface area contributed by atoms with E-state index >= 15 is 0 Å². The van der Waals surface area contributed by atoms with Crippen LogP contribution >= 0.6 is 11.3 Å². The highest BCUT2D eigenvalue weighted by Crippen LogP contribution is 2.25. The molecule has 1 aliphatic heterocycles. The summed E-state index contributed by atoms with van der Waals surface area (Å²) in [5.41, 5.74) is 1.17. The van der Waals surface area contributed by atoms with E-state index in [1.54, 1.807) is 23.6 Å². The van der Waals surface area contributed by atoms with Crippen molar-refractivity contribution in [3.63, 3.8) is 0 Å². The predicted octanol–water partition coefficient (Wildman–Crippen LogP) is 2.87. The SMILES string of the molecule is C=CCN(Cc1cccs1)C(=O)CN1CCCC(c2ccn[nH]2)C1. The number of carbonyl (C=O) groups is 1. The molecule has 1 aliphatic rings. The number of amides is 1. The Morgan fingerprint density at radius 3 is 3.17 bits per heavy atom. The Labute approximate surface area is 147 Å². The lowest BCUT2D eigenvalue weighted by Crippen LogP contribution is -2.43. The number of aromatic nitrogens is 2. The quantitative estimate of drug-likeness (QED) is 0.786. The minimum Gasteiger partial charge on any atom is -0.333 e. The summed E-state index contributed by atoms with van der Waals surface area (Å²) in [5, 5.41) is 9.17. The zero-order chi connectivity index (χ0) is 16.8. The number of nitrogens with one attached hydrogen (secondary N) is 1. The normalized spacial score (nSPS) is 18.4. The molecule has 2 aromatic rings. The topological polar surface area (TPSA) is 52.2 Å². The van der Waals surface area contributed by atoms with Gasteiger partial charge in [-0.15, -0.1) is 17.9 Å². The third kappa shape index (κ3) is 4.33. The second-order valence-corrected chi connectivity index (χ2v) is 7.26. The summed E-state index contributed by atoms with van der Waals surface area (Å²) in [5.74, 6) is 0.618. The van der Waals surface area contributed by atoms with E-state index in [0.29, 0.717) is 25.6 Å². The number of piperidine rings is 1. The van der Waals surface area contributed by atoms with E-state index in [0.717, 1.165) is 25.9 Å². The Kier molecular flexibility index (Phi) is 5.82. The summed E-state index contributed by atoms with van der Waals surface area (Å²) in [4.78, 5) is 18.1. The fourth-order valence-corrected chi connectivity index (χ4v) is 3.96. The summed E-state index contributed by atoms with van der Waals surface area (Å²) >= 11 is 1.69. The molecule has 128 valence electrons. The Hall–Kier alpha value is -1.92. The lowest BCUT2D eigenvalue weighted by atomic mass is 9.95. The van der Waals surface area contributed by atoms with Gasteiger partial charge in [0.15, 0.2) is 0 Å². The summed E-state index contributed by atoms with van der Waals surface area (Å²) in [6.07, 6.45) is 5.86. The van der Waals surface area contributed by atoms with E-state index in [9.17, 15) is 4.79 Å². The molecule has 1 saturated heterocycles. The summed E-state index contributed by atoms with van der Waals surface area (Å²) in [6.45, 7) is 7.42. The average Bonchev–Trinajstić information content (AvgIpc) is 3.28. The monoisotopic (exact) mass is 344 g/mol. The van der Waals surface area contributed by atoms with Crippen LogP contribution in [0.15, 0.2) is 42.4 Å². The number of hydrogen-bond acceptors (Lipinski definition) is 4. The van der Waals surface area contributed by atoms with Crippen LogP contribution in [0.2, 0.25) is 0 Å². The second kappa shape index (κ2) is 8.26. The highest BCUT2D eigenvalue weighted by molar-refractivity contribution is 7.09. The molecule has 0 aromatic carbocycles. The van der Waals surface area contributed by atoms with E-state index in [4.69, 9.17) is 0 Å². The van der Waals surface area contributed by atoms with E-state index < -0.39 is 0 Å². The zero-order valence-electron chi connectivity index (χ0n) is 13.9. The van der Waals surface area contributed by atoms with Crippen molar-refractivity contribution in [3.8, 4) is 0 Å². The first-order chi connectivity index (χ1) is 11.8. The largest absolute Gasteiger partial charge is 0.333 e. The molecule has 6 heteroatoms. The fourth-order valence-electron chi connectivity index (χ4n) is 3.24. The number of likely N-dealkylation sites (tertiary alicyclic amines) is 1. The molecule has 3 rings (SSSR count). The molecular formula is C18H24N4OS. The molecule has 0 spiro atoms.